The highest BCUT2D eigenvalue weighted by Gasteiger charge is 2.22. The number of nitrogens with two attached hydrogens (primary N) is 1. The van der Waals surface area contributed by atoms with Crippen molar-refractivity contribution in [2.75, 3.05) is 19.3 Å². The zero-order valence-electron chi connectivity index (χ0n) is 7.99. The number of nitrogens with zero attached hydrogens (tertiary/aromatic N) is 1. The zero-order chi connectivity index (χ0) is 9.41. The average Bonchev–Trinajstić information content (AvgIpc) is 1.83. The van der Waals surface area contributed by atoms with Gasteiger partial charge in [0.2, 0.25) is 10.0 Å². The predicted octanol–water partition coefficient (Wildman–Crippen LogP) is -0.209. The SMILES string of the molecule is Cl.[2H]C1(N)CCN(S(C)(=O)=O)CC1. The second-order valence-electron chi connectivity index (χ2n) is 2.82. The Labute approximate surface area is 81.0 Å². The van der Waals surface area contributed by atoms with Crippen molar-refractivity contribution in [1.29, 1.82) is 0 Å². The van der Waals surface area contributed by atoms with E-state index in [1.807, 2.05) is 0 Å². The lowest BCUT2D eigenvalue weighted by Crippen LogP contribution is -2.42. The highest BCUT2D eigenvalue weighted by Crippen LogP contribution is 2.10. The quantitative estimate of drug-likeness (QED) is 0.659. The summed E-state index contributed by atoms with van der Waals surface area (Å²) in [7, 11) is -3.08. The summed E-state index contributed by atoms with van der Waals surface area (Å²) in [5.74, 6) is 0. The Bertz CT molecular complexity index is 258. The standard InChI is InChI=1S/C6H14N2O2S.ClH/c1-11(9,10)8-4-2-6(7)3-5-8;/h6H,2-5,7H2,1H3;1H/i6D;. The first kappa shape index (κ1) is 10.2. The van der Waals surface area contributed by atoms with Gasteiger partial charge < -0.3 is 5.73 Å². The van der Waals surface area contributed by atoms with Crippen molar-refractivity contribution < 1.29 is 9.79 Å². The largest absolute Gasteiger partial charge is 0.328 e. The van der Waals surface area contributed by atoms with E-state index in [0.29, 0.717) is 25.9 Å². The van der Waals surface area contributed by atoms with E-state index in [-0.39, 0.29) is 12.4 Å². The number of halogens is 1. The van der Waals surface area contributed by atoms with Gasteiger partial charge in [0.25, 0.3) is 0 Å². The van der Waals surface area contributed by atoms with E-state index in [9.17, 15) is 8.42 Å². The first-order chi connectivity index (χ1) is 5.31. The van der Waals surface area contributed by atoms with Crippen LogP contribution in [0.1, 0.15) is 14.2 Å². The molecule has 1 fully saturated rings. The first-order valence-corrected chi connectivity index (χ1v) is 5.40. The summed E-state index contributed by atoms with van der Waals surface area (Å²) in [6.45, 7) is 0.748. The highest BCUT2D eigenvalue weighted by atomic mass is 35.5. The molecule has 0 radical (unpaired) electrons. The van der Waals surface area contributed by atoms with Crippen molar-refractivity contribution in [2.24, 2.45) is 5.73 Å². The Morgan fingerprint density at radius 2 is 1.92 bits per heavy atom. The van der Waals surface area contributed by atoms with E-state index in [0.717, 1.165) is 0 Å². The maximum absolute atomic E-state index is 11.0. The van der Waals surface area contributed by atoms with Crippen LogP contribution in [0.5, 0.6) is 0 Å². The molecule has 1 aliphatic heterocycles. The fourth-order valence-corrected chi connectivity index (χ4v) is 1.95. The molecule has 0 aromatic rings. The molecule has 0 aromatic carbocycles. The fourth-order valence-electron chi connectivity index (χ4n) is 1.11. The molecule has 0 atom stereocenters. The lowest BCUT2D eigenvalue weighted by molar-refractivity contribution is 0.322. The Morgan fingerprint density at radius 1 is 1.50 bits per heavy atom. The minimum Gasteiger partial charge on any atom is -0.328 e. The minimum atomic E-state index is -3.08. The minimum absolute atomic E-state index is 0. The smallest absolute Gasteiger partial charge is 0.211 e. The number of hydrogen-bond donors (Lipinski definition) is 1. The highest BCUT2D eigenvalue weighted by molar-refractivity contribution is 7.88. The maximum atomic E-state index is 11.0. The molecule has 1 aliphatic rings. The van der Waals surface area contributed by atoms with Crippen LogP contribution in [0.2, 0.25) is 0 Å². The molecule has 1 rings (SSSR count). The normalized spacial score (nSPS) is 25.7. The van der Waals surface area contributed by atoms with Gasteiger partial charge >= 0.3 is 0 Å². The van der Waals surface area contributed by atoms with Crippen molar-refractivity contribution in [1.82, 2.24) is 4.31 Å². The van der Waals surface area contributed by atoms with Crippen LogP contribution in [0.4, 0.5) is 0 Å². The van der Waals surface area contributed by atoms with Crippen molar-refractivity contribution in [2.45, 2.75) is 18.9 Å². The molecule has 1 heterocycles. The van der Waals surface area contributed by atoms with Crippen molar-refractivity contribution in [3.63, 3.8) is 0 Å². The molecule has 0 bridgehead atoms. The van der Waals surface area contributed by atoms with Crippen LogP contribution in [0, 0.1) is 0 Å². The van der Waals surface area contributed by atoms with Crippen LogP contribution < -0.4 is 5.73 Å². The lowest BCUT2D eigenvalue weighted by atomic mass is 10.1. The van der Waals surface area contributed by atoms with Gasteiger partial charge in [0.15, 0.2) is 0 Å². The van der Waals surface area contributed by atoms with Crippen LogP contribution in [0.3, 0.4) is 0 Å². The van der Waals surface area contributed by atoms with Gasteiger partial charge in [-0.15, -0.1) is 12.4 Å². The Morgan fingerprint density at radius 3 is 2.25 bits per heavy atom. The van der Waals surface area contributed by atoms with Crippen LogP contribution in [0.25, 0.3) is 0 Å². The summed E-state index contributed by atoms with van der Waals surface area (Å²) in [6, 6.07) is -0.929. The van der Waals surface area contributed by atoms with Crippen molar-refractivity contribution >= 4 is 22.4 Å². The van der Waals surface area contributed by atoms with Crippen molar-refractivity contribution in [3.05, 3.63) is 0 Å². The summed E-state index contributed by atoms with van der Waals surface area (Å²) in [6.07, 6.45) is 2.01. The third-order valence-electron chi connectivity index (χ3n) is 1.83. The van der Waals surface area contributed by atoms with Gasteiger partial charge in [-0.2, -0.15) is 0 Å². The Kier molecular flexibility index (Phi) is 3.77. The fraction of sp³-hybridized carbons (Fsp3) is 1.00. The van der Waals surface area contributed by atoms with Gasteiger partial charge in [0, 0.05) is 20.5 Å². The maximum Gasteiger partial charge on any atom is 0.211 e. The van der Waals surface area contributed by atoms with Gasteiger partial charge in [0.05, 0.1) is 6.26 Å². The molecule has 1 saturated heterocycles. The molecule has 6 heteroatoms. The third kappa shape index (κ3) is 3.26. The molecular weight excluding hydrogens is 200 g/mol. The van der Waals surface area contributed by atoms with Crippen LogP contribution >= 0.6 is 12.4 Å². The summed E-state index contributed by atoms with van der Waals surface area (Å²) >= 11 is 0. The molecule has 0 aliphatic carbocycles. The lowest BCUT2D eigenvalue weighted by Gasteiger charge is -2.27. The second-order valence-corrected chi connectivity index (χ2v) is 4.80. The van der Waals surface area contributed by atoms with Crippen LogP contribution in [-0.4, -0.2) is 38.1 Å². The van der Waals surface area contributed by atoms with Gasteiger partial charge in [-0.25, -0.2) is 12.7 Å². The van der Waals surface area contributed by atoms with E-state index in [1.54, 1.807) is 0 Å². The number of piperidine rings is 1. The van der Waals surface area contributed by atoms with Crippen LogP contribution in [0.15, 0.2) is 0 Å². The zero-order valence-corrected chi connectivity index (χ0v) is 8.62. The molecule has 0 amide bonds. The first-order valence-electron chi connectivity index (χ1n) is 4.05. The molecule has 0 unspecified atom stereocenters. The molecule has 0 spiro atoms. The summed E-state index contributed by atoms with van der Waals surface area (Å²) in [4.78, 5) is 0. The Hall–Kier alpha value is 0.160. The van der Waals surface area contributed by atoms with Gasteiger partial charge in [-0.3, -0.25) is 0 Å². The van der Waals surface area contributed by atoms with E-state index in [2.05, 4.69) is 0 Å². The third-order valence-corrected chi connectivity index (χ3v) is 3.14. The molecule has 74 valence electrons. The average molecular weight is 216 g/mol. The number of hydrogen-bond acceptors (Lipinski definition) is 3. The van der Waals surface area contributed by atoms with Gasteiger partial charge in [-0.05, 0) is 12.8 Å². The number of rotatable bonds is 1. The van der Waals surface area contributed by atoms with E-state index < -0.39 is 16.0 Å². The molecule has 4 nitrogen and oxygen atoms in total. The summed E-state index contributed by atoms with van der Waals surface area (Å²) in [5.41, 5.74) is 5.53. The molecular formula is C6H15ClN2O2S. The monoisotopic (exact) mass is 215 g/mol. The van der Waals surface area contributed by atoms with E-state index in [4.69, 9.17) is 7.10 Å². The Balaban J connectivity index is 0.00000144. The molecule has 12 heavy (non-hydrogen) atoms. The van der Waals surface area contributed by atoms with Crippen LogP contribution in [-0.2, 0) is 10.0 Å². The van der Waals surface area contributed by atoms with Crippen molar-refractivity contribution in [3.8, 4) is 0 Å². The number of sulfonamides is 1. The van der Waals surface area contributed by atoms with E-state index in [1.165, 1.54) is 10.6 Å². The van der Waals surface area contributed by atoms with Gasteiger partial charge in [0.1, 0.15) is 0 Å². The topological polar surface area (TPSA) is 63.4 Å². The molecule has 2 N–H and O–H groups in total. The summed E-state index contributed by atoms with van der Waals surface area (Å²) < 4.78 is 30.9. The molecule has 0 aromatic heterocycles. The van der Waals surface area contributed by atoms with Gasteiger partial charge in [-0.1, -0.05) is 0 Å². The predicted molar refractivity (Wildman–Crippen MR) is 50.9 cm³/mol. The summed E-state index contributed by atoms with van der Waals surface area (Å²) in [5, 5.41) is 0. The van der Waals surface area contributed by atoms with E-state index >= 15 is 0 Å². The second kappa shape index (κ2) is 4.41. The molecule has 0 saturated carbocycles.